The van der Waals surface area contributed by atoms with Gasteiger partial charge >= 0.3 is 0 Å². The maximum Gasteiger partial charge on any atom is 0.244 e. The standard InChI is InChI=1S/C13H19NO5S2/c1-10-4-5-11(19-3)12(8-10)21(17,18)14-13(2)6-7-20(15,16)9-13/h4-5,8,14H,6-7,9H2,1-3H3/t13-/m1/s1. The number of ether oxygens (including phenoxy) is 1. The number of sulfonamides is 1. The quantitative estimate of drug-likeness (QED) is 0.882. The van der Waals surface area contributed by atoms with Gasteiger partial charge in [-0.1, -0.05) is 6.07 Å². The molecule has 118 valence electrons. The molecule has 1 heterocycles. The Labute approximate surface area is 125 Å². The van der Waals surface area contributed by atoms with E-state index < -0.39 is 25.4 Å². The molecule has 0 bridgehead atoms. The van der Waals surface area contributed by atoms with Crippen molar-refractivity contribution < 1.29 is 21.6 Å². The second-order valence-corrected chi connectivity index (χ2v) is 9.50. The summed E-state index contributed by atoms with van der Waals surface area (Å²) in [7, 11) is -5.65. The number of sulfone groups is 1. The van der Waals surface area contributed by atoms with E-state index >= 15 is 0 Å². The number of methoxy groups -OCH3 is 1. The third-order valence-corrected chi connectivity index (χ3v) is 7.06. The predicted octanol–water partition coefficient (Wildman–Crippen LogP) is 0.859. The lowest BCUT2D eigenvalue weighted by Gasteiger charge is -2.24. The average Bonchev–Trinajstić information content (AvgIpc) is 2.62. The van der Waals surface area contributed by atoms with Gasteiger partial charge in [0, 0.05) is 5.54 Å². The summed E-state index contributed by atoms with van der Waals surface area (Å²) in [5.74, 6) is 0.0437. The zero-order chi connectivity index (χ0) is 15.9. The molecule has 6 nitrogen and oxygen atoms in total. The molecule has 21 heavy (non-hydrogen) atoms. The summed E-state index contributed by atoms with van der Waals surface area (Å²) in [6.45, 7) is 3.39. The van der Waals surface area contributed by atoms with Crippen LogP contribution in [-0.4, -0.2) is 41.0 Å². The Hall–Kier alpha value is -1.12. The van der Waals surface area contributed by atoms with Crippen LogP contribution in [0, 0.1) is 6.92 Å². The van der Waals surface area contributed by atoms with Crippen molar-refractivity contribution >= 4 is 19.9 Å². The molecule has 1 N–H and O–H groups in total. The van der Waals surface area contributed by atoms with Crippen molar-refractivity contribution in [1.29, 1.82) is 0 Å². The van der Waals surface area contributed by atoms with Crippen LogP contribution in [-0.2, 0) is 19.9 Å². The molecule has 0 saturated carbocycles. The van der Waals surface area contributed by atoms with E-state index in [2.05, 4.69) is 4.72 Å². The van der Waals surface area contributed by atoms with Crippen molar-refractivity contribution in [2.45, 2.75) is 30.7 Å². The van der Waals surface area contributed by atoms with Crippen LogP contribution in [0.15, 0.2) is 23.1 Å². The van der Waals surface area contributed by atoms with Gasteiger partial charge in [0.2, 0.25) is 10.0 Å². The zero-order valence-corrected chi connectivity index (χ0v) is 13.8. The van der Waals surface area contributed by atoms with Crippen LogP contribution < -0.4 is 9.46 Å². The predicted molar refractivity (Wildman–Crippen MR) is 79.7 cm³/mol. The molecule has 1 aliphatic heterocycles. The second-order valence-electron chi connectivity index (χ2n) is 5.66. The molecule has 1 fully saturated rings. The molecular weight excluding hydrogens is 314 g/mol. The van der Waals surface area contributed by atoms with E-state index in [1.165, 1.54) is 13.2 Å². The third kappa shape index (κ3) is 3.56. The highest BCUT2D eigenvalue weighted by Crippen LogP contribution is 2.29. The molecule has 1 aromatic rings. The van der Waals surface area contributed by atoms with E-state index in [0.29, 0.717) is 0 Å². The number of rotatable bonds is 4. The van der Waals surface area contributed by atoms with Crippen LogP contribution in [0.1, 0.15) is 18.9 Å². The zero-order valence-electron chi connectivity index (χ0n) is 12.2. The van der Waals surface area contributed by atoms with Crippen LogP contribution in [0.5, 0.6) is 5.75 Å². The summed E-state index contributed by atoms with van der Waals surface area (Å²) < 4.78 is 55.9. The van der Waals surface area contributed by atoms with Gasteiger partial charge < -0.3 is 4.74 Å². The monoisotopic (exact) mass is 333 g/mol. The first kappa shape index (κ1) is 16.3. The minimum Gasteiger partial charge on any atom is -0.495 e. The van der Waals surface area contributed by atoms with Crippen LogP contribution in [0.3, 0.4) is 0 Å². The fourth-order valence-corrected chi connectivity index (χ4v) is 6.34. The molecule has 1 saturated heterocycles. The Kier molecular flexibility index (Phi) is 4.07. The van der Waals surface area contributed by atoms with Crippen molar-refractivity contribution in [1.82, 2.24) is 4.72 Å². The van der Waals surface area contributed by atoms with Gasteiger partial charge in [-0.15, -0.1) is 0 Å². The first-order chi connectivity index (χ1) is 9.57. The van der Waals surface area contributed by atoms with Crippen LogP contribution in [0.25, 0.3) is 0 Å². The fraction of sp³-hybridized carbons (Fsp3) is 0.538. The molecule has 0 radical (unpaired) electrons. The maximum absolute atomic E-state index is 12.6. The van der Waals surface area contributed by atoms with Crippen molar-refractivity contribution in [3.63, 3.8) is 0 Å². The molecule has 0 spiro atoms. The van der Waals surface area contributed by atoms with E-state index in [9.17, 15) is 16.8 Å². The minimum absolute atomic E-state index is 0.00300. The van der Waals surface area contributed by atoms with Crippen molar-refractivity contribution in [2.75, 3.05) is 18.6 Å². The summed E-state index contributed by atoms with van der Waals surface area (Å²) >= 11 is 0. The number of aryl methyl sites for hydroxylation is 1. The van der Waals surface area contributed by atoms with E-state index in [1.54, 1.807) is 26.0 Å². The van der Waals surface area contributed by atoms with Crippen molar-refractivity contribution in [3.05, 3.63) is 23.8 Å². The van der Waals surface area contributed by atoms with Gasteiger partial charge in [0.15, 0.2) is 9.84 Å². The lowest BCUT2D eigenvalue weighted by Crippen LogP contribution is -2.46. The molecule has 1 atom stereocenters. The van der Waals surface area contributed by atoms with Crippen LogP contribution in [0.4, 0.5) is 0 Å². The highest BCUT2D eigenvalue weighted by atomic mass is 32.2. The first-order valence-corrected chi connectivity index (χ1v) is 9.76. The van der Waals surface area contributed by atoms with Crippen molar-refractivity contribution in [2.24, 2.45) is 0 Å². The molecule has 1 aromatic carbocycles. The molecule has 1 aliphatic rings. The number of benzene rings is 1. The fourth-order valence-electron chi connectivity index (χ4n) is 2.46. The number of hydrogen-bond donors (Lipinski definition) is 1. The SMILES string of the molecule is COc1ccc(C)cc1S(=O)(=O)N[C@]1(C)CCS(=O)(=O)C1. The lowest BCUT2D eigenvalue weighted by molar-refractivity contribution is 0.400. The topological polar surface area (TPSA) is 89.5 Å². The highest BCUT2D eigenvalue weighted by molar-refractivity contribution is 7.92. The third-order valence-electron chi connectivity index (χ3n) is 3.49. The number of nitrogens with one attached hydrogen (secondary N) is 1. The van der Waals surface area contributed by atoms with E-state index in [-0.39, 0.29) is 28.6 Å². The Balaban J connectivity index is 2.38. The van der Waals surface area contributed by atoms with Gasteiger partial charge in [0.25, 0.3) is 0 Å². The molecule has 8 heteroatoms. The largest absolute Gasteiger partial charge is 0.495 e. The minimum atomic E-state index is -3.86. The highest BCUT2D eigenvalue weighted by Gasteiger charge is 2.41. The molecule has 0 aromatic heterocycles. The van der Waals surface area contributed by atoms with E-state index in [0.717, 1.165) is 5.56 Å². The van der Waals surface area contributed by atoms with Gasteiger partial charge in [-0.25, -0.2) is 21.6 Å². The van der Waals surface area contributed by atoms with Crippen molar-refractivity contribution in [3.8, 4) is 5.75 Å². The van der Waals surface area contributed by atoms with Crippen LogP contribution in [0.2, 0.25) is 0 Å². The smallest absolute Gasteiger partial charge is 0.244 e. The average molecular weight is 333 g/mol. The van der Waals surface area contributed by atoms with E-state index in [4.69, 9.17) is 4.74 Å². The number of hydrogen-bond acceptors (Lipinski definition) is 5. The molecule has 0 amide bonds. The summed E-state index contributed by atoms with van der Waals surface area (Å²) in [6, 6.07) is 4.84. The Bertz CT molecular complexity index is 755. The summed E-state index contributed by atoms with van der Waals surface area (Å²) in [6.07, 6.45) is 0.267. The molecule has 2 rings (SSSR count). The first-order valence-electron chi connectivity index (χ1n) is 6.46. The molecule has 0 unspecified atom stereocenters. The maximum atomic E-state index is 12.6. The normalized spacial score (nSPS) is 24.9. The molecular formula is C13H19NO5S2. The van der Waals surface area contributed by atoms with E-state index in [1.807, 2.05) is 0 Å². The Morgan fingerprint density at radius 1 is 1.33 bits per heavy atom. The summed E-state index contributed by atoms with van der Waals surface area (Å²) in [5.41, 5.74) is -0.202. The second kappa shape index (κ2) is 5.26. The van der Waals surface area contributed by atoms with Gasteiger partial charge in [-0.05, 0) is 38.0 Å². The Morgan fingerprint density at radius 3 is 2.52 bits per heavy atom. The lowest BCUT2D eigenvalue weighted by atomic mass is 10.0. The molecule has 0 aliphatic carbocycles. The van der Waals surface area contributed by atoms with Gasteiger partial charge in [0.1, 0.15) is 10.6 Å². The van der Waals surface area contributed by atoms with Gasteiger partial charge in [0.05, 0.1) is 18.6 Å². The summed E-state index contributed by atoms with van der Waals surface area (Å²) in [5, 5.41) is 0. The van der Waals surface area contributed by atoms with Gasteiger partial charge in [-0.3, -0.25) is 0 Å². The van der Waals surface area contributed by atoms with Gasteiger partial charge in [-0.2, -0.15) is 0 Å². The van der Waals surface area contributed by atoms with Crippen LogP contribution >= 0.6 is 0 Å². The Morgan fingerprint density at radius 2 is 2.00 bits per heavy atom. The summed E-state index contributed by atoms with van der Waals surface area (Å²) in [4.78, 5) is 0.0236.